The van der Waals surface area contributed by atoms with Crippen LogP contribution in [0.25, 0.3) is 0 Å². The molecule has 0 aliphatic rings. The molecule has 0 unspecified atom stereocenters. The standard InChI is InChI=1S/C6H10O3/c1-4(2)9-6(8)5(3)7/h4H,1-3H3. The summed E-state index contributed by atoms with van der Waals surface area (Å²) >= 11 is 0. The second-order valence-electron chi connectivity index (χ2n) is 2.01. The van der Waals surface area contributed by atoms with Crippen LogP contribution in [0.5, 0.6) is 0 Å². The molecule has 0 saturated carbocycles. The van der Waals surface area contributed by atoms with Crippen molar-refractivity contribution >= 4 is 11.8 Å². The van der Waals surface area contributed by atoms with Gasteiger partial charge in [0.25, 0.3) is 0 Å². The van der Waals surface area contributed by atoms with Gasteiger partial charge in [0.1, 0.15) is 0 Å². The number of rotatable bonds is 2. The van der Waals surface area contributed by atoms with Crippen molar-refractivity contribution in [1.82, 2.24) is 0 Å². The minimum absolute atomic E-state index is 0.207. The van der Waals surface area contributed by atoms with E-state index in [-0.39, 0.29) is 6.10 Å². The Kier molecular flexibility index (Phi) is 2.91. The van der Waals surface area contributed by atoms with Gasteiger partial charge in [-0.2, -0.15) is 0 Å². The molecule has 0 saturated heterocycles. The lowest BCUT2D eigenvalue weighted by atomic mass is 10.4. The Balaban J connectivity index is 3.65. The molecule has 0 fully saturated rings. The first kappa shape index (κ1) is 8.14. The molecule has 0 radical (unpaired) electrons. The monoisotopic (exact) mass is 130 g/mol. The van der Waals surface area contributed by atoms with Crippen LogP contribution in [0.4, 0.5) is 0 Å². The molecule has 0 aliphatic carbocycles. The smallest absolute Gasteiger partial charge is 0.374 e. The van der Waals surface area contributed by atoms with Crippen LogP contribution in [0, 0.1) is 0 Å². The van der Waals surface area contributed by atoms with Crippen LogP contribution in [0.15, 0.2) is 0 Å². The molecule has 3 heteroatoms. The van der Waals surface area contributed by atoms with Gasteiger partial charge in [-0.25, -0.2) is 4.79 Å². The maximum absolute atomic E-state index is 10.4. The number of hydrogen-bond acceptors (Lipinski definition) is 3. The first-order chi connectivity index (χ1) is 4.04. The Morgan fingerprint density at radius 3 is 1.89 bits per heavy atom. The van der Waals surface area contributed by atoms with Gasteiger partial charge in [0.05, 0.1) is 6.10 Å². The molecule has 52 valence electrons. The third kappa shape index (κ3) is 3.70. The van der Waals surface area contributed by atoms with Gasteiger partial charge in [0, 0.05) is 6.92 Å². The van der Waals surface area contributed by atoms with Crippen molar-refractivity contribution in [3.8, 4) is 0 Å². The lowest BCUT2D eigenvalue weighted by Gasteiger charge is -2.03. The summed E-state index contributed by atoms with van der Waals surface area (Å²) in [5.74, 6) is -1.31. The zero-order valence-corrected chi connectivity index (χ0v) is 5.80. The van der Waals surface area contributed by atoms with E-state index in [4.69, 9.17) is 0 Å². The fourth-order valence-electron chi connectivity index (χ4n) is 0.297. The van der Waals surface area contributed by atoms with Gasteiger partial charge in [0.15, 0.2) is 0 Å². The molecule has 9 heavy (non-hydrogen) atoms. The van der Waals surface area contributed by atoms with Crippen LogP contribution in [0.2, 0.25) is 0 Å². The van der Waals surface area contributed by atoms with Crippen molar-refractivity contribution in [3.63, 3.8) is 0 Å². The zero-order valence-electron chi connectivity index (χ0n) is 5.80. The van der Waals surface area contributed by atoms with Gasteiger partial charge in [-0.1, -0.05) is 0 Å². The lowest BCUT2D eigenvalue weighted by Crippen LogP contribution is -2.17. The summed E-state index contributed by atoms with van der Waals surface area (Å²) in [5.41, 5.74) is 0. The van der Waals surface area contributed by atoms with Gasteiger partial charge >= 0.3 is 5.97 Å². The molecule has 0 rings (SSSR count). The molecule has 0 aliphatic heterocycles. The van der Waals surface area contributed by atoms with Crippen LogP contribution in [0.3, 0.4) is 0 Å². The summed E-state index contributed by atoms with van der Waals surface area (Å²) < 4.78 is 4.52. The summed E-state index contributed by atoms with van der Waals surface area (Å²) in [5, 5.41) is 0. The van der Waals surface area contributed by atoms with Crippen LogP contribution in [-0.4, -0.2) is 17.9 Å². The molecule has 0 aromatic carbocycles. The first-order valence-electron chi connectivity index (χ1n) is 2.75. The Labute approximate surface area is 54.0 Å². The molecule has 0 amide bonds. The number of carbonyl (C=O) groups excluding carboxylic acids is 2. The number of hydrogen-bond donors (Lipinski definition) is 0. The third-order valence-electron chi connectivity index (χ3n) is 0.630. The summed E-state index contributed by atoms with van der Waals surface area (Å²) in [6.45, 7) is 4.58. The second kappa shape index (κ2) is 3.22. The quantitative estimate of drug-likeness (QED) is 0.404. The topological polar surface area (TPSA) is 43.4 Å². The molecule has 0 heterocycles. The minimum atomic E-state index is -0.759. The fraction of sp³-hybridized carbons (Fsp3) is 0.667. The molecular weight excluding hydrogens is 120 g/mol. The average molecular weight is 130 g/mol. The van der Waals surface area contributed by atoms with E-state index in [1.165, 1.54) is 6.92 Å². The number of ketones is 1. The van der Waals surface area contributed by atoms with E-state index in [1.54, 1.807) is 13.8 Å². The molecule has 3 nitrogen and oxygen atoms in total. The van der Waals surface area contributed by atoms with Gasteiger partial charge in [0.2, 0.25) is 5.78 Å². The summed E-state index contributed by atoms with van der Waals surface area (Å²) in [7, 11) is 0. The Hall–Kier alpha value is -0.860. The number of Topliss-reactive ketones (excluding diaryl/α,β-unsaturated/α-hetero) is 1. The van der Waals surface area contributed by atoms with Crippen LogP contribution >= 0.6 is 0 Å². The van der Waals surface area contributed by atoms with Gasteiger partial charge < -0.3 is 4.74 Å². The van der Waals surface area contributed by atoms with Crippen molar-refractivity contribution in [3.05, 3.63) is 0 Å². The predicted molar refractivity (Wildman–Crippen MR) is 31.9 cm³/mol. The van der Waals surface area contributed by atoms with E-state index < -0.39 is 11.8 Å². The van der Waals surface area contributed by atoms with E-state index in [2.05, 4.69) is 4.74 Å². The normalized spacial score (nSPS) is 9.33. The van der Waals surface area contributed by atoms with E-state index in [0.717, 1.165) is 0 Å². The Morgan fingerprint density at radius 1 is 1.33 bits per heavy atom. The maximum atomic E-state index is 10.4. The van der Waals surface area contributed by atoms with Crippen molar-refractivity contribution in [2.24, 2.45) is 0 Å². The van der Waals surface area contributed by atoms with Gasteiger partial charge in [-0.3, -0.25) is 4.79 Å². The highest BCUT2D eigenvalue weighted by atomic mass is 16.5. The van der Waals surface area contributed by atoms with Crippen molar-refractivity contribution in [2.75, 3.05) is 0 Å². The molecule has 0 spiro atoms. The van der Waals surface area contributed by atoms with Crippen LogP contribution < -0.4 is 0 Å². The molecule has 0 aromatic heterocycles. The van der Waals surface area contributed by atoms with Crippen LogP contribution in [0.1, 0.15) is 20.8 Å². The van der Waals surface area contributed by atoms with Crippen molar-refractivity contribution < 1.29 is 14.3 Å². The average Bonchev–Trinajstić information content (AvgIpc) is 1.63. The summed E-state index contributed by atoms with van der Waals surface area (Å²) in [4.78, 5) is 20.6. The largest absolute Gasteiger partial charge is 0.457 e. The minimum Gasteiger partial charge on any atom is -0.457 e. The number of ether oxygens (including phenoxy) is 1. The molecule has 0 bridgehead atoms. The van der Waals surface area contributed by atoms with Crippen molar-refractivity contribution in [1.29, 1.82) is 0 Å². The van der Waals surface area contributed by atoms with Gasteiger partial charge in [-0.05, 0) is 13.8 Å². The molecule has 0 atom stereocenters. The lowest BCUT2D eigenvalue weighted by molar-refractivity contribution is -0.155. The molecule has 0 N–H and O–H groups in total. The van der Waals surface area contributed by atoms with E-state index >= 15 is 0 Å². The van der Waals surface area contributed by atoms with E-state index in [0.29, 0.717) is 0 Å². The predicted octanol–water partition coefficient (Wildman–Crippen LogP) is 0.527. The van der Waals surface area contributed by atoms with E-state index in [9.17, 15) is 9.59 Å². The summed E-state index contributed by atoms with van der Waals surface area (Å²) in [6.07, 6.45) is -0.207. The second-order valence-corrected chi connectivity index (χ2v) is 2.01. The van der Waals surface area contributed by atoms with Crippen molar-refractivity contribution in [2.45, 2.75) is 26.9 Å². The Morgan fingerprint density at radius 2 is 1.78 bits per heavy atom. The number of carbonyl (C=O) groups is 2. The highest BCUT2D eigenvalue weighted by molar-refractivity contribution is 6.32. The van der Waals surface area contributed by atoms with Gasteiger partial charge in [-0.15, -0.1) is 0 Å². The Bertz CT molecular complexity index is 126. The third-order valence-corrected chi connectivity index (χ3v) is 0.630. The molecular formula is C6H10O3. The summed E-state index contributed by atoms with van der Waals surface area (Å²) in [6, 6.07) is 0. The number of esters is 1. The molecule has 0 aromatic rings. The van der Waals surface area contributed by atoms with Crippen LogP contribution in [-0.2, 0) is 14.3 Å². The first-order valence-corrected chi connectivity index (χ1v) is 2.75. The van der Waals surface area contributed by atoms with E-state index in [1.807, 2.05) is 0 Å². The SMILES string of the molecule is CC(=O)C(=O)OC(C)C. The zero-order chi connectivity index (χ0) is 7.44. The fourth-order valence-corrected chi connectivity index (χ4v) is 0.297. The highest BCUT2D eigenvalue weighted by Gasteiger charge is 2.09. The highest BCUT2D eigenvalue weighted by Crippen LogP contribution is 1.88. The maximum Gasteiger partial charge on any atom is 0.374 e.